The molecule has 1 aromatic carbocycles. The Morgan fingerprint density at radius 3 is 2.94 bits per heavy atom. The molecular weight excluding hydrogens is 234 g/mol. The van der Waals surface area contributed by atoms with Gasteiger partial charge in [0.2, 0.25) is 0 Å². The molecule has 0 spiro atoms. The zero-order valence-electron chi connectivity index (χ0n) is 10.3. The number of likely N-dealkylation sites (tertiary alicyclic amines) is 1. The summed E-state index contributed by atoms with van der Waals surface area (Å²) in [4.78, 5) is 2.40. The highest BCUT2D eigenvalue weighted by molar-refractivity contribution is 6.30. The Kier molecular flexibility index (Phi) is 4.43. The van der Waals surface area contributed by atoms with Crippen LogP contribution >= 0.6 is 11.6 Å². The zero-order chi connectivity index (χ0) is 12.3. The van der Waals surface area contributed by atoms with E-state index in [0.717, 1.165) is 18.0 Å². The lowest BCUT2D eigenvalue weighted by Gasteiger charge is -2.40. The van der Waals surface area contributed by atoms with Gasteiger partial charge >= 0.3 is 0 Å². The lowest BCUT2D eigenvalue weighted by molar-refractivity contribution is 0.0452. The molecule has 2 nitrogen and oxygen atoms in total. The number of hydrogen-bond donors (Lipinski definition) is 1. The molecule has 2 atom stereocenters. The summed E-state index contributed by atoms with van der Waals surface area (Å²) in [7, 11) is 0. The number of aliphatic hydroxyl groups excluding tert-OH is 1. The Morgan fingerprint density at radius 1 is 1.41 bits per heavy atom. The third-order valence-electron chi connectivity index (χ3n) is 3.66. The second kappa shape index (κ2) is 5.85. The van der Waals surface area contributed by atoms with E-state index >= 15 is 0 Å². The van der Waals surface area contributed by atoms with Gasteiger partial charge in [0.25, 0.3) is 0 Å². The molecule has 0 radical (unpaired) electrons. The standard InChI is InChI=1S/C14H20ClNO/c1-11-4-2-7-14(10-17)16(11)9-12-5-3-6-13(15)8-12/h3,5-6,8,11,14,17H,2,4,7,9-10H2,1H3/t11?,14-/m0/s1. The van der Waals surface area contributed by atoms with Gasteiger partial charge in [-0.05, 0) is 37.5 Å². The van der Waals surface area contributed by atoms with Crippen molar-refractivity contribution in [1.82, 2.24) is 4.90 Å². The van der Waals surface area contributed by atoms with Crippen LogP contribution in [-0.4, -0.2) is 28.7 Å². The van der Waals surface area contributed by atoms with Gasteiger partial charge in [-0.2, -0.15) is 0 Å². The fourth-order valence-corrected chi connectivity index (χ4v) is 2.88. The van der Waals surface area contributed by atoms with Crippen molar-refractivity contribution >= 4 is 11.6 Å². The number of rotatable bonds is 3. The molecule has 3 heteroatoms. The van der Waals surface area contributed by atoms with Crippen LogP contribution in [0.4, 0.5) is 0 Å². The Morgan fingerprint density at radius 2 is 2.24 bits per heavy atom. The van der Waals surface area contributed by atoms with Crippen molar-refractivity contribution < 1.29 is 5.11 Å². The highest BCUT2D eigenvalue weighted by Crippen LogP contribution is 2.25. The van der Waals surface area contributed by atoms with Crippen LogP contribution in [0.25, 0.3) is 0 Å². The Labute approximate surface area is 108 Å². The molecule has 94 valence electrons. The summed E-state index contributed by atoms with van der Waals surface area (Å²) < 4.78 is 0. The smallest absolute Gasteiger partial charge is 0.0587 e. The van der Waals surface area contributed by atoms with Gasteiger partial charge in [0, 0.05) is 23.7 Å². The summed E-state index contributed by atoms with van der Waals surface area (Å²) in [6.45, 7) is 3.38. The fraction of sp³-hybridized carbons (Fsp3) is 0.571. The van der Waals surface area contributed by atoms with E-state index in [2.05, 4.69) is 17.9 Å². The molecule has 1 heterocycles. The van der Waals surface area contributed by atoms with Gasteiger partial charge in [-0.15, -0.1) is 0 Å². The SMILES string of the molecule is CC1CCC[C@@H](CO)N1Cc1cccc(Cl)c1. The van der Waals surface area contributed by atoms with Gasteiger partial charge in [-0.3, -0.25) is 4.90 Å². The number of piperidine rings is 1. The molecule has 1 N–H and O–H groups in total. The van der Waals surface area contributed by atoms with E-state index in [-0.39, 0.29) is 6.61 Å². The van der Waals surface area contributed by atoms with Crippen LogP contribution in [0.5, 0.6) is 0 Å². The Hall–Kier alpha value is -0.570. The molecule has 1 unspecified atom stereocenters. The highest BCUT2D eigenvalue weighted by atomic mass is 35.5. The van der Waals surface area contributed by atoms with E-state index in [9.17, 15) is 5.11 Å². The first-order valence-corrected chi connectivity index (χ1v) is 6.69. The molecule has 1 aliphatic rings. The summed E-state index contributed by atoms with van der Waals surface area (Å²) in [6.07, 6.45) is 3.54. The van der Waals surface area contributed by atoms with Gasteiger partial charge in [0.1, 0.15) is 0 Å². The molecule has 17 heavy (non-hydrogen) atoms. The van der Waals surface area contributed by atoms with Gasteiger partial charge < -0.3 is 5.11 Å². The van der Waals surface area contributed by atoms with Crippen LogP contribution in [0.1, 0.15) is 31.7 Å². The van der Waals surface area contributed by atoms with Crippen molar-refractivity contribution in [3.63, 3.8) is 0 Å². The van der Waals surface area contributed by atoms with Crippen LogP contribution in [-0.2, 0) is 6.54 Å². The molecule has 1 aromatic rings. The van der Waals surface area contributed by atoms with Crippen molar-refractivity contribution in [3.8, 4) is 0 Å². The molecule has 1 aliphatic heterocycles. The van der Waals surface area contributed by atoms with Crippen molar-refractivity contribution in [2.45, 2.75) is 44.8 Å². The van der Waals surface area contributed by atoms with Gasteiger partial charge in [-0.1, -0.05) is 30.2 Å². The number of benzene rings is 1. The summed E-state index contributed by atoms with van der Waals surface area (Å²) in [6, 6.07) is 8.84. The molecule has 2 rings (SSSR count). The molecule has 0 aliphatic carbocycles. The van der Waals surface area contributed by atoms with E-state index in [1.165, 1.54) is 18.4 Å². The summed E-state index contributed by atoms with van der Waals surface area (Å²) in [5.41, 5.74) is 1.23. The average molecular weight is 254 g/mol. The van der Waals surface area contributed by atoms with Crippen molar-refractivity contribution in [3.05, 3.63) is 34.9 Å². The molecule has 1 saturated heterocycles. The predicted octanol–water partition coefficient (Wildman–Crippen LogP) is 3.08. The van der Waals surface area contributed by atoms with Crippen molar-refractivity contribution in [2.24, 2.45) is 0 Å². The molecule has 1 fully saturated rings. The summed E-state index contributed by atoms with van der Waals surface area (Å²) >= 11 is 6.00. The largest absolute Gasteiger partial charge is 0.395 e. The van der Waals surface area contributed by atoms with Gasteiger partial charge in [0.15, 0.2) is 0 Å². The average Bonchev–Trinajstić information content (AvgIpc) is 2.32. The second-order valence-electron chi connectivity index (χ2n) is 4.92. The molecule has 0 saturated carbocycles. The van der Waals surface area contributed by atoms with Crippen LogP contribution < -0.4 is 0 Å². The third-order valence-corrected chi connectivity index (χ3v) is 3.89. The van der Waals surface area contributed by atoms with E-state index in [0.29, 0.717) is 12.1 Å². The first-order chi connectivity index (χ1) is 8.20. The van der Waals surface area contributed by atoms with Crippen molar-refractivity contribution in [1.29, 1.82) is 0 Å². The fourth-order valence-electron chi connectivity index (χ4n) is 2.67. The topological polar surface area (TPSA) is 23.5 Å². The summed E-state index contributed by atoms with van der Waals surface area (Å²) in [5.74, 6) is 0. The lowest BCUT2D eigenvalue weighted by atomic mass is 9.96. The van der Waals surface area contributed by atoms with Crippen LogP contribution in [0.15, 0.2) is 24.3 Å². The quantitative estimate of drug-likeness (QED) is 0.895. The molecule has 0 bridgehead atoms. The van der Waals surface area contributed by atoms with Crippen LogP contribution in [0.3, 0.4) is 0 Å². The van der Waals surface area contributed by atoms with E-state index in [1.54, 1.807) is 0 Å². The van der Waals surface area contributed by atoms with E-state index in [1.807, 2.05) is 18.2 Å². The normalized spacial score (nSPS) is 26.1. The first-order valence-electron chi connectivity index (χ1n) is 6.31. The number of aliphatic hydroxyl groups is 1. The van der Waals surface area contributed by atoms with E-state index < -0.39 is 0 Å². The van der Waals surface area contributed by atoms with Crippen LogP contribution in [0, 0.1) is 0 Å². The minimum atomic E-state index is 0.255. The van der Waals surface area contributed by atoms with E-state index in [4.69, 9.17) is 11.6 Å². The minimum absolute atomic E-state index is 0.255. The molecular formula is C14H20ClNO. The minimum Gasteiger partial charge on any atom is -0.395 e. The first kappa shape index (κ1) is 12.9. The van der Waals surface area contributed by atoms with Crippen LogP contribution in [0.2, 0.25) is 5.02 Å². The number of hydrogen-bond acceptors (Lipinski definition) is 2. The molecule has 0 aromatic heterocycles. The Balaban J connectivity index is 2.09. The highest BCUT2D eigenvalue weighted by Gasteiger charge is 2.27. The van der Waals surface area contributed by atoms with Crippen molar-refractivity contribution in [2.75, 3.05) is 6.61 Å². The monoisotopic (exact) mass is 253 g/mol. The third kappa shape index (κ3) is 3.21. The number of halogens is 1. The maximum absolute atomic E-state index is 9.44. The summed E-state index contributed by atoms with van der Waals surface area (Å²) in [5, 5.41) is 10.2. The predicted molar refractivity (Wildman–Crippen MR) is 71.2 cm³/mol. The zero-order valence-corrected chi connectivity index (χ0v) is 11.0. The maximum atomic E-state index is 9.44. The van der Waals surface area contributed by atoms with Gasteiger partial charge in [-0.25, -0.2) is 0 Å². The lowest BCUT2D eigenvalue weighted by Crippen LogP contribution is -2.46. The second-order valence-corrected chi connectivity index (χ2v) is 5.36. The maximum Gasteiger partial charge on any atom is 0.0587 e. The Bertz CT molecular complexity index is 369. The number of nitrogens with zero attached hydrogens (tertiary/aromatic N) is 1. The molecule has 0 amide bonds. The van der Waals surface area contributed by atoms with Gasteiger partial charge in [0.05, 0.1) is 6.61 Å².